The van der Waals surface area contributed by atoms with Crippen LogP contribution >= 0.6 is 0 Å². The molecule has 104 valence electrons. The van der Waals surface area contributed by atoms with Crippen LogP contribution in [0.3, 0.4) is 0 Å². The fourth-order valence-electron chi connectivity index (χ4n) is 2.72. The second-order valence-electron chi connectivity index (χ2n) is 5.22. The average Bonchev–Trinajstić information content (AvgIpc) is 2.46. The van der Waals surface area contributed by atoms with Crippen LogP contribution in [0.5, 0.6) is 0 Å². The topological polar surface area (TPSA) is 32.3 Å². The second kappa shape index (κ2) is 6.60. The number of carbonyl (C=O) groups excluding carboxylic acids is 1. The summed E-state index contributed by atoms with van der Waals surface area (Å²) >= 11 is 0. The molecule has 2 rings (SSSR count). The highest BCUT2D eigenvalue weighted by atomic mass is 16.2. The van der Waals surface area contributed by atoms with Crippen molar-refractivity contribution in [1.82, 2.24) is 4.90 Å². The van der Waals surface area contributed by atoms with Gasteiger partial charge in [-0.15, -0.1) is 0 Å². The summed E-state index contributed by atoms with van der Waals surface area (Å²) in [5.74, 6) is 0.262. The fourth-order valence-corrected chi connectivity index (χ4v) is 2.72. The maximum Gasteiger partial charge on any atom is 0.245 e. The average molecular weight is 260 g/mol. The Morgan fingerprint density at radius 3 is 2.63 bits per heavy atom. The Bertz CT molecular complexity index is 425. The number of anilines is 1. The standard InChI is InChI=1S/C16H24N2O/c1-3-11-18(12-4-2)16(19)15-10-9-13-7-5-6-8-14(13)17-15/h5-8,15,17H,3-4,9-12H2,1-2H3. The number of fused-ring (bicyclic) bond motifs is 1. The third-order valence-electron chi connectivity index (χ3n) is 3.65. The molecule has 0 aliphatic carbocycles. The summed E-state index contributed by atoms with van der Waals surface area (Å²) < 4.78 is 0. The largest absolute Gasteiger partial charge is 0.373 e. The van der Waals surface area contributed by atoms with Crippen molar-refractivity contribution in [3.8, 4) is 0 Å². The monoisotopic (exact) mass is 260 g/mol. The first-order valence-electron chi connectivity index (χ1n) is 7.39. The van der Waals surface area contributed by atoms with E-state index in [4.69, 9.17) is 0 Å². The molecule has 3 heteroatoms. The first-order chi connectivity index (χ1) is 9.26. The fraction of sp³-hybridized carbons (Fsp3) is 0.562. The molecule has 0 fully saturated rings. The summed E-state index contributed by atoms with van der Waals surface area (Å²) in [6.45, 7) is 5.98. The lowest BCUT2D eigenvalue weighted by Crippen LogP contribution is -2.45. The van der Waals surface area contributed by atoms with E-state index >= 15 is 0 Å². The van der Waals surface area contributed by atoms with Gasteiger partial charge >= 0.3 is 0 Å². The first kappa shape index (κ1) is 13.9. The highest BCUT2D eigenvalue weighted by Crippen LogP contribution is 2.25. The van der Waals surface area contributed by atoms with Crippen LogP contribution in [0.15, 0.2) is 24.3 Å². The van der Waals surface area contributed by atoms with Crippen molar-refractivity contribution in [2.24, 2.45) is 0 Å². The van der Waals surface area contributed by atoms with Gasteiger partial charge in [-0.05, 0) is 37.3 Å². The quantitative estimate of drug-likeness (QED) is 0.882. The molecule has 1 aliphatic rings. The number of benzene rings is 1. The van der Waals surface area contributed by atoms with E-state index in [0.29, 0.717) is 0 Å². The third-order valence-corrected chi connectivity index (χ3v) is 3.65. The molecule has 1 atom stereocenters. The number of nitrogens with zero attached hydrogens (tertiary/aromatic N) is 1. The number of para-hydroxylation sites is 1. The molecule has 0 radical (unpaired) electrons. The Hall–Kier alpha value is -1.51. The molecule has 3 nitrogen and oxygen atoms in total. The van der Waals surface area contributed by atoms with Crippen molar-refractivity contribution in [2.75, 3.05) is 18.4 Å². The Morgan fingerprint density at radius 2 is 1.95 bits per heavy atom. The number of amides is 1. The SMILES string of the molecule is CCCN(CCC)C(=O)C1CCc2ccccc2N1. The zero-order chi connectivity index (χ0) is 13.7. The predicted molar refractivity (Wildman–Crippen MR) is 79.3 cm³/mol. The lowest BCUT2D eigenvalue weighted by atomic mass is 9.97. The van der Waals surface area contributed by atoms with Crippen molar-refractivity contribution in [3.63, 3.8) is 0 Å². The van der Waals surface area contributed by atoms with Crippen LogP contribution in [0.1, 0.15) is 38.7 Å². The van der Waals surface area contributed by atoms with Gasteiger partial charge in [-0.3, -0.25) is 4.79 Å². The Balaban J connectivity index is 2.04. The minimum atomic E-state index is -0.0481. The minimum absolute atomic E-state index is 0.0481. The van der Waals surface area contributed by atoms with Crippen molar-refractivity contribution in [1.29, 1.82) is 0 Å². The van der Waals surface area contributed by atoms with Crippen molar-refractivity contribution in [3.05, 3.63) is 29.8 Å². The van der Waals surface area contributed by atoms with Gasteiger partial charge in [0.15, 0.2) is 0 Å². The lowest BCUT2D eigenvalue weighted by molar-refractivity contribution is -0.132. The van der Waals surface area contributed by atoms with Gasteiger partial charge in [0.05, 0.1) is 0 Å². The molecule has 1 amide bonds. The molecule has 1 aromatic carbocycles. The Kier molecular flexibility index (Phi) is 4.83. The van der Waals surface area contributed by atoms with E-state index in [0.717, 1.165) is 44.5 Å². The zero-order valence-electron chi connectivity index (χ0n) is 12.0. The second-order valence-corrected chi connectivity index (χ2v) is 5.22. The zero-order valence-corrected chi connectivity index (χ0v) is 12.0. The van der Waals surface area contributed by atoms with Crippen LogP contribution in [-0.2, 0) is 11.2 Å². The van der Waals surface area contributed by atoms with Crippen LogP contribution in [0.4, 0.5) is 5.69 Å². The van der Waals surface area contributed by atoms with Crippen LogP contribution in [0.2, 0.25) is 0 Å². The van der Waals surface area contributed by atoms with E-state index in [1.165, 1.54) is 5.56 Å². The van der Waals surface area contributed by atoms with E-state index in [9.17, 15) is 4.79 Å². The van der Waals surface area contributed by atoms with Crippen molar-refractivity contribution >= 4 is 11.6 Å². The van der Waals surface area contributed by atoms with E-state index < -0.39 is 0 Å². The van der Waals surface area contributed by atoms with Gasteiger partial charge in [0.25, 0.3) is 0 Å². The molecule has 1 aromatic rings. The molecule has 1 N–H and O–H groups in total. The van der Waals surface area contributed by atoms with Crippen LogP contribution < -0.4 is 5.32 Å². The van der Waals surface area contributed by atoms with Crippen LogP contribution in [-0.4, -0.2) is 29.9 Å². The van der Waals surface area contributed by atoms with Gasteiger partial charge in [0, 0.05) is 18.8 Å². The van der Waals surface area contributed by atoms with Gasteiger partial charge in [-0.1, -0.05) is 32.0 Å². The number of hydrogen-bond acceptors (Lipinski definition) is 2. The summed E-state index contributed by atoms with van der Waals surface area (Å²) in [6.07, 6.45) is 3.94. The smallest absolute Gasteiger partial charge is 0.245 e. The van der Waals surface area contributed by atoms with E-state index in [1.807, 2.05) is 11.0 Å². The van der Waals surface area contributed by atoms with Crippen LogP contribution in [0.25, 0.3) is 0 Å². The summed E-state index contributed by atoms with van der Waals surface area (Å²) in [5.41, 5.74) is 2.45. The molecule has 0 spiro atoms. The molecular weight excluding hydrogens is 236 g/mol. The molecule has 1 aliphatic heterocycles. The number of rotatable bonds is 5. The number of nitrogens with one attached hydrogen (secondary N) is 1. The maximum absolute atomic E-state index is 12.6. The number of aryl methyl sites for hydroxylation is 1. The molecule has 0 saturated carbocycles. The van der Waals surface area contributed by atoms with Crippen molar-refractivity contribution in [2.45, 2.75) is 45.6 Å². The maximum atomic E-state index is 12.6. The predicted octanol–water partition coefficient (Wildman–Crippen LogP) is 3.06. The normalized spacial score (nSPS) is 17.5. The number of carbonyl (C=O) groups is 1. The van der Waals surface area contributed by atoms with Crippen LogP contribution in [0, 0.1) is 0 Å². The molecule has 1 unspecified atom stereocenters. The Morgan fingerprint density at radius 1 is 1.26 bits per heavy atom. The third kappa shape index (κ3) is 3.28. The van der Waals surface area contributed by atoms with Gasteiger partial charge in [-0.2, -0.15) is 0 Å². The number of hydrogen-bond donors (Lipinski definition) is 1. The molecule has 0 aromatic heterocycles. The molecular formula is C16H24N2O. The van der Waals surface area contributed by atoms with Gasteiger partial charge in [-0.25, -0.2) is 0 Å². The van der Waals surface area contributed by atoms with Gasteiger partial charge < -0.3 is 10.2 Å². The van der Waals surface area contributed by atoms with Gasteiger partial charge in [0.1, 0.15) is 6.04 Å². The Labute approximate surface area is 116 Å². The van der Waals surface area contributed by atoms with E-state index in [-0.39, 0.29) is 11.9 Å². The highest BCUT2D eigenvalue weighted by molar-refractivity contribution is 5.85. The molecule has 1 heterocycles. The molecule has 0 bridgehead atoms. The lowest BCUT2D eigenvalue weighted by Gasteiger charge is -2.31. The molecule has 19 heavy (non-hydrogen) atoms. The summed E-state index contributed by atoms with van der Waals surface area (Å²) in [4.78, 5) is 14.6. The summed E-state index contributed by atoms with van der Waals surface area (Å²) in [7, 11) is 0. The molecule has 0 saturated heterocycles. The van der Waals surface area contributed by atoms with E-state index in [2.05, 4.69) is 37.4 Å². The summed E-state index contributed by atoms with van der Waals surface area (Å²) in [5, 5.41) is 3.40. The van der Waals surface area contributed by atoms with E-state index in [1.54, 1.807) is 0 Å². The highest BCUT2D eigenvalue weighted by Gasteiger charge is 2.26. The first-order valence-corrected chi connectivity index (χ1v) is 7.39. The van der Waals surface area contributed by atoms with Crippen molar-refractivity contribution < 1.29 is 4.79 Å². The minimum Gasteiger partial charge on any atom is -0.373 e. The van der Waals surface area contributed by atoms with Gasteiger partial charge in [0.2, 0.25) is 5.91 Å². The summed E-state index contributed by atoms with van der Waals surface area (Å²) in [6, 6.07) is 8.24.